The van der Waals surface area contributed by atoms with Gasteiger partial charge in [0.25, 0.3) is 0 Å². The number of benzene rings is 1. The fourth-order valence-electron chi connectivity index (χ4n) is 2.12. The van der Waals surface area contributed by atoms with Crippen molar-refractivity contribution in [3.8, 4) is 5.75 Å². The third-order valence-electron chi connectivity index (χ3n) is 3.28. The Morgan fingerprint density at radius 3 is 2.52 bits per heavy atom. The van der Waals surface area contributed by atoms with E-state index in [9.17, 15) is 13.6 Å². The molecule has 116 valence electrons. The van der Waals surface area contributed by atoms with E-state index >= 15 is 0 Å². The lowest BCUT2D eigenvalue weighted by molar-refractivity contribution is -0.0498. The Kier molecular flexibility index (Phi) is 5.32. The lowest BCUT2D eigenvalue weighted by Crippen LogP contribution is -2.39. The molecule has 2 amide bonds. The van der Waals surface area contributed by atoms with Gasteiger partial charge in [-0.05, 0) is 49.4 Å². The lowest BCUT2D eigenvalue weighted by Gasteiger charge is -2.17. The Bertz CT molecular complexity index is 464. The number of aliphatic hydroxyl groups is 1. The molecule has 0 spiro atoms. The van der Waals surface area contributed by atoms with Crippen molar-refractivity contribution in [3.63, 3.8) is 0 Å². The molecule has 1 aromatic carbocycles. The van der Waals surface area contributed by atoms with E-state index in [-0.39, 0.29) is 24.4 Å². The zero-order valence-corrected chi connectivity index (χ0v) is 11.4. The molecule has 0 unspecified atom stereocenters. The predicted molar refractivity (Wildman–Crippen MR) is 73.4 cm³/mol. The monoisotopic (exact) mass is 300 g/mol. The number of amides is 2. The Morgan fingerprint density at radius 1 is 1.33 bits per heavy atom. The van der Waals surface area contributed by atoms with Gasteiger partial charge in [-0.1, -0.05) is 0 Å². The molecular weight excluding hydrogens is 282 g/mol. The fourth-order valence-corrected chi connectivity index (χ4v) is 2.12. The highest BCUT2D eigenvalue weighted by Gasteiger charge is 2.31. The summed E-state index contributed by atoms with van der Waals surface area (Å²) in [5.74, 6) is 0.469. The SMILES string of the molecule is O=C(Nc1ccc(OC(F)F)cc1)N[C@H](CCO)C1CC1. The molecule has 0 aromatic heterocycles. The molecule has 0 saturated heterocycles. The second kappa shape index (κ2) is 7.21. The minimum absolute atomic E-state index is 0.0289. The predicted octanol–water partition coefficient (Wildman–Crippen LogP) is 2.57. The summed E-state index contributed by atoms with van der Waals surface area (Å²) in [7, 11) is 0. The highest BCUT2D eigenvalue weighted by molar-refractivity contribution is 5.89. The van der Waals surface area contributed by atoms with E-state index in [0.717, 1.165) is 12.8 Å². The van der Waals surface area contributed by atoms with Crippen LogP contribution in [0.15, 0.2) is 24.3 Å². The number of hydrogen-bond acceptors (Lipinski definition) is 3. The molecule has 2 rings (SSSR count). The van der Waals surface area contributed by atoms with Gasteiger partial charge in [-0.25, -0.2) is 4.79 Å². The molecule has 1 fully saturated rings. The first kappa shape index (κ1) is 15.5. The first-order valence-electron chi connectivity index (χ1n) is 6.81. The minimum atomic E-state index is -2.87. The van der Waals surface area contributed by atoms with Crippen LogP contribution in [0, 0.1) is 5.92 Å². The summed E-state index contributed by atoms with van der Waals surface area (Å²) in [6.45, 7) is -2.84. The summed E-state index contributed by atoms with van der Waals surface area (Å²) in [5.41, 5.74) is 0.479. The molecule has 1 saturated carbocycles. The normalized spacial score (nSPS) is 15.6. The smallest absolute Gasteiger partial charge is 0.387 e. The standard InChI is InChI=1S/C14H18F2N2O3/c15-13(16)21-11-5-3-10(4-6-11)17-14(20)18-12(7-8-19)9-1-2-9/h3-6,9,12-13,19H,1-2,7-8H2,(H2,17,18,20)/t12-/m1/s1. The molecule has 0 aliphatic heterocycles. The zero-order valence-electron chi connectivity index (χ0n) is 11.4. The maximum atomic E-state index is 12.0. The highest BCUT2D eigenvalue weighted by Crippen LogP contribution is 2.33. The summed E-state index contributed by atoms with van der Waals surface area (Å²) >= 11 is 0. The largest absolute Gasteiger partial charge is 0.435 e. The van der Waals surface area contributed by atoms with Crippen LogP contribution in [0.2, 0.25) is 0 Å². The van der Waals surface area contributed by atoms with Crippen LogP contribution in [-0.4, -0.2) is 30.4 Å². The van der Waals surface area contributed by atoms with Crippen LogP contribution in [0.25, 0.3) is 0 Å². The van der Waals surface area contributed by atoms with E-state index in [1.807, 2.05) is 0 Å². The van der Waals surface area contributed by atoms with Gasteiger partial charge in [0.2, 0.25) is 0 Å². The number of ether oxygens (including phenoxy) is 1. The van der Waals surface area contributed by atoms with Crippen molar-refractivity contribution in [3.05, 3.63) is 24.3 Å². The van der Waals surface area contributed by atoms with Crippen molar-refractivity contribution in [2.75, 3.05) is 11.9 Å². The summed E-state index contributed by atoms with van der Waals surface area (Å²) < 4.78 is 28.2. The number of hydrogen-bond donors (Lipinski definition) is 3. The lowest BCUT2D eigenvalue weighted by atomic mass is 10.1. The number of nitrogens with one attached hydrogen (secondary N) is 2. The fraction of sp³-hybridized carbons (Fsp3) is 0.500. The molecule has 21 heavy (non-hydrogen) atoms. The van der Waals surface area contributed by atoms with Crippen molar-refractivity contribution < 1.29 is 23.4 Å². The minimum Gasteiger partial charge on any atom is -0.435 e. The highest BCUT2D eigenvalue weighted by atomic mass is 19.3. The van der Waals surface area contributed by atoms with Crippen LogP contribution in [-0.2, 0) is 0 Å². The topological polar surface area (TPSA) is 70.6 Å². The van der Waals surface area contributed by atoms with Crippen LogP contribution in [0.5, 0.6) is 5.75 Å². The van der Waals surface area contributed by atoms with Gasteiger partial charge < -0.3 is 20.5 Å². The number of carbonyl (C=O) groups excluding carboxylic acids is 1. The molecule has 1 aliphatic carbocycles. The third kappa shape index (κ3) is 5.18. The number of rotatable bonds is 7. The van der Waals surface area contributed by atoms with E-state index in [0.29, 0.717) is 18.0 Å². The van der Waals surface area contributed by atoms with Crippen LogP contribution in [0.1, 0.15) is 19.3 Å². The molecule has 1 aliphatic rings. The maximum Gasteiger partial charge on any atom is 0.387 e. The third-order valence-corrected chi connectivity index (χ3v) is 3.28. The van der Waals surface area contributed by atoms with E-state index in [2.05, 4.69) is 15.4 Å². The molecule has 0 bridgehead atoms. The number of urea groups is 1. The van der Waals surface area contributed by atoms with E-state index in [1.165, 1.54) is 24.3 Å². The van der Waals surface area contributed by atoms with Gasteiger partial charge in [-0.2, -0.15) is 8.78 Å². The number of halogens is 2. The summed E-state index contributed by atoms with van der Waals surface area (Å²) in [5, 5.41) is 14.4. The van der Waals surface area contributed by atoms with E-state index in [4.69, 9.17) is 5.11 Å². The van der Waals surface area contributed by atoms with Gasteiger partial charge in [0, 0.05) is 18.3 Å². The van der Waals surface area contributed by atoms with Crippen LogP contribution >= 0.6 is 0 Å². The summed E-state index contributed by atoms with van der Waals surface area (Å²) in [4.78, 5) is 11.8. The number of aliphatic hydroxyl groups excluding tert-OH is 1. The summed E-state index contributed by atoms with van der Waals surface area (Å²) in [6.07, 6.45) is 2.65. The van der Waals surface area contributed by atoms with Crippen LogP contribution in [0.4, 0.5) is 19.3 Å². The molecule has 0 radical (unpaired) electrons. The maximum absolute atomic E-state index is 12.0. The number of anilines is 1. The van der Waals surface area contributed by atoms with Crippen molar-refractivity contribution in [2.45, 2.75) is 31.9 Å². The molecule has 1 aromatic rings. The Balaban J connectivity index is 1.84. The Labute approximate surface area is 121 Å². The molecular formula is C14H18F2N2O3. The first-order chi connectivity index (χ1) is 10.1. The van der Waals surface area contributed by atoms with Gasteiger partial charge in [0.1, 0.15) is 5.75 Å². The zero-order chi connectivity index (χ0) is 15.2. The van der Waals surface area contributed by atoms with Crippen LogP contribution in [0.3, 0.4) is 0 Å². The molecule has 7 heteroatoms. The van der Waals surface area contributed by atoms with Gasteiger partial charge in [-0.15, -0.1) is 0 Å². The Morgan fingerprint density at radius 2 is 2.00 bits per heavy atom. The second-order valence-corrected chi connectivity index (χ2v) is 4.96. The van der Waals surface area contributed by atoms with Crippen molar-refractivity contribution in [1.82, 2.24) is 5.32 Å². The summed E-state index contributed by atoms with van der Waals surface area (Å²) in [6, 6.07) is 5.27. The van der Waals surface area contributed by atoms with Crippen LogP contribution < -0.4 is 15.4 Å². The average molecular weight is 300 g/mol. The van der Waals surface area contributed by atoms with Crippen molar-refractivity contribution >= 4 is 11.7 Å². The average Bonchev–Trinajstić information content (AvgIpc) is 3.24. The van der Waals surface area contributed by atoms with Gasteiger partial charge in [0.05, 0.1) is 0 Å². The van der Waals surface area contributed by atoms with Gasteiger partial charge >= 0.3 is 12.6 Å². The van der Waals surface area contributed by atoms with E-state index in [1.54, 1.807) is 0 Å². The van der Waals surface area contributed by atoms with E-state index < -0.39 is 6.61 Å². The van der Waals surface area contributed by atoms with Crippen molar-refractivity contribution in [2.24, 2.45) is 5.92 Å². The molecule has 3 N–H and O–H groups in total. The van der Waals surface area contributed by atoms with Gasteiger partial charge in [0.15, 0.2) is 0 Å². The molecule has 0 heterocycles. The van der Waals surface area contributed by atoms with Crippen molar-refractivity contribution in [1.29, 1.82) is 0 Å². The molecule has 1 atom stereocenters. The second-order valence-electron chi connectivity index (χ2n) is 4.96. The number of carbonyl (C=O) groups is 1. The first-order valence-corrected chi connectivity index (χ1v) is 6.81. The number of alkyl halides is 2. The Hall–Kier alpha value is -1.89. The van der Waals surface area contributed by atoms with Gasteiger partial charge in [-0.3, -0.25) is 0 Å². The molecule has 5 nitrogen and oxygen atoms in total. The quantitative estimate of drug-likeness (QED) is 0.725.